The molecule has 22 heavy (non-hydrogen) atoms. The first-order valence-electron chi connectivity index (χ1n) is 9.82. The molecule has 4 N–H and O–H groups in total. The molecule has 2 saturated carbocycles. The van der Waals surface area contributed by atoms with Gasteiger partial charge in [0.25, 0.3) is 0 Å². The largest absolute Gasteiger partial charge is 0.508 e. The monoisotopic (exact) mass is 308 g/mol. The van der Waals surface area contributed by atoms with Gasteiger partial charge in [-0.1, -0.05) is 13.0 Å². The van der Waals surface area contributed by atoms with Crippen molar-refractivity contribution in [2.75, 3.05) is 0 Å². The third-order valence-electron chi connectivity index (χ3n) is 6.10. The summed E-state index contributed by atoms with van der Waals surface area (Å²) in [4.78, 5) is 0. The minimum absolute atomic E-state index is 0.116. The molecule has 1 aromatic carbocycles. The number of aliphatic hydroxyl groups is 3. The number of rotatable bonds is 0. The fraction of sp³-hybridized carbons (Fsp3) is 0.667. The van der Waals surface area contributed by atoms with Gasteiger partial charge in [-0.3, -0.25) is 0 Å². The Kier molecular flexibility index (Phi) is 2.27. The summed E-state index contributed by atoms with van der Waals surface area (Å²) in [6, 6.07) is 4.38. The molecule has 0 heterocycles. The Labute approximate surface area is 136 Å². The number of fused-ring (bicyclic) bond motifs is 5. The van der Waals surface area contributed by atoms with E-state index in [1.165, 1.54) is 12.1 Å². The number of benzene rings is 1. The number of hydrogen-bond donors (Lipinski definition) is 4. The lowest BCUT2D eigenvalue weighted by atomic mass is 9.55. The van der Waals surface area contributed by atoms with Gasteiger partial charge in [-0.05, 0) is 66.6 Å². The van der Waals surface area contributed by atoms with Gasteiger partial charge in [0.05, 0.1) is 12.2 Å². The molecule has 0 radical (unpaired) electrons. The van der Waals surface area contributed by atoms with Gasteiger partial charge in [-0.25, -0.2) is 0 Å². The molecule has 0 spiro atoms. The summed E-state index contributed by atoms with van der Waals surface area (Å²) >= 11 is 0. The van der Waals surface area contributed by atoms with Crippen LogP contribution in [0.4, 0.5) is 0 Å². The molecular weight excluding hydrogens is 280 g/mol. The third-order valence-corrected chi connectivity index (χ3v) is 6.10. The molecule has 7 atom stereocenters. The van der Waals surface area contributed by atoms with Gasteiger partial charge in [0.2, 0.25) is 0 Å². The Hall–Kier alpha value is -1.10. The molecule has 0 saturated heterocycles. The maximum Gasteiger partial charge on any atom is 0.115 e. The van der Waals surface area contributed by atoms with Crippen molar-refractivity contribution in [3.05, 3.63) is 29.3 Å². The molecule has 4 heteroatoms. The summed E-state index contributed by atoms with van der Waals surface area (Å²) < 4.78 is 34.3. The molecule has 4 rings (SSSR count). The Morgan fingerprint density at radius 2 is 2.00 bits per heavy atom. The van der Waals surface area contributed by atoms with Crippen LogP contribution in [0.2, 0.25) is 0 Å². The Bertz CT molecular complexity index is 755. The minimum atomic E-state index is -2.38. The molecule has 4 nitrogen and oxygen atoms in total. The van der Waals surface area contributed by atoms with Crippen LogP contribution < -0.4 is 0 Å². The zero-order valence-corrected chi connectivity index (χ0v) is 12.4. The third kappa shape index (κ3) is 1.75. The lowest BCUT2D eigenvalue weighted by Gasteiger charge is -2.50. The van der Waals surface area contributed by atoms with Gasteiger partial charge < -0.3 is 20.4 Å². The molecular formula is C18H24O4. The van der Waals surface area contributed by atoms with Crippen molar-refractivity contribution in [2.24, 2.45) is 17.3 Å². The standard InChI is InChI=1S/C18H24O4/c1-18-7-6-12-11-5-3-10(19)8-9(11)2-4-13(12)14(18)15(20)16(21)17(18)22/h3,5,8,12-17,19-22H,2,4,6-7H2,1H3/t12-,13-,14-,15-,16-,17+,18+/m0/s1/i2D2,4D2. The van der Waals surface area contributed by atoms with Crippen LogP contribution in [0, 0.1) is 17.3 Å². The van der Waals surface area contributed by atoms with E-state index in [-0.39, 0.29) is 17.2 Å². The first-order chi connectivity index (χ1) is 11.9. The smallest absolute Gasteiger partial charge is 0.115 e. The van der Waals surface area contributed by atoms with Crippen LogP contribution >= 0.6 is 0 Å². The average molecular weight is 308 g/mol. The average Bonchev–Trinajstić information content (AvgIpc) is 2.74. The van der Waals surface area contributed by atoms with E-state index in [2.05, 4.69) is 0 Å². The highest BCUT2D eigenvalue weighted by atomic mass is 16.4. The van der Waals surface area contributed by atoms with Gasteiger partial charge >= 0.3 is 0 Å². The highest BCUT2D eigenvalue weighted by Crippen LogP contribution is 2.60. The zero-order chi connectivity index (χ0) is 19.2. The van der Waals surface area contributed by atoms with E-state index in [1.807, 2.05) is 0 Å². The van der Waals surface area contributed by atoms with Gasteiger partial charge in [0, 0.05) is 10.9 Å². The molecule has 0 aromatic heterocycles. The Morgan fingerprint density at radius 3 is 2.77 bits per heavy atom. The first-order valence-corrected chi connectivity index (χ1v) is 7.82. The van der Waals surface area contributed by atoms with E-state index >= 15 is 0 Å². The van der Waals surface area contributed by atoms with E-state index in [4.69, 9.17) is 5.48 Å². The number of aromatic hydroxyl groups is 1. The normalized spacial score (nSPS) is 54.0. The predicted molar refractivity (Wildman–Crippen MR) is 81.5 cm³/mol. The van der Waals surface area contributed by atoms with Crippen molar-refractivity contribution in [2.45, 2.75) is 56.7 Å². The zero-order valence-electron chi connectivity index (χ0n) is 16.4. The molecule has 0 amide bonds. The number of hydrogen-bond acceptors (Lipinski definition) is 4. The lowest BCUT2D eigenvalue weighted by molar-refractivity contribution is -0.0505. The van der Waals surface area contributed by atoms with Crippen molar-refractivity contribution >= 4 is 0 Å². The van der Waals surface area contributed by atoms with Crippen LogP contribution in [-0.2, 0) is 6.37 Å². The predicted octanol–water partition coefficient (Wildman–Crippen LogP) is 1.55. The van der Waals surface area contributed by atoms with Crippen molar-refractivity contribution in [3.63, 3.8) is 0 Å². The van der Waals surface area contributed by atoms with Crippen LogP contribution in [-0.4, -0.2) is 38.7 Å². The summed E-state index contributed by atoms with van der Waals surface area (Å²) in [5.74, 6) is -2.13. The van der Waals surface area contributed by atoms with Gasteiger partial charge in [-0.2, -0.15) is 0 Å². The summed E-state index contributed by atoms with van der Waals surface area (Å²) in [6.07, 6.45) is -7.56. The number of aliphatic hydroxyl groups excluding tert-OH is 3. The van der Waals surface area contributed by atoms with Crippen LogP contribution in [0.15, 0.2) is 18.2 Å². The van der Waals surface area contributed by atoms with Crippen LogP contribution in [0.1, 0.15) is 48.7 Å². The van der Waals surface area contributed by atoms with E-state index in [0.29, 0.717) is 18.4 Å². The number of aryl methyl sites for hydroxylation is 1. The molecule has 2 fully saturated rings. The van der Waals surface area contributed by atoms with Gasteiger partial charge in [0.1, 0.15) is 11.9 Å². The van der Waals surface area contributed by atoms with Crippen LogP contribution in [0.5, 0.6) is 5.75 Å². The Morgan fingerprint density at radius 1 is 1.23 bits per heavy atom. The molecule has 1 aromatic rings. The van der Waals surface area contributed by atoms with Crippen molar-refractivity contribution in [1.29, 1.82) is 0 Å². The molecule has 3 aliphatic rings. The van der Waals surface area contributed by atoms with Crippen molar-refractivity contribution in [3.8, 4) is 5.75 Å². The second kappa shape index (κ2) is 4.70. The number of phenolic OH excluding ortho intramolecular Hbond substituents is 1. The van der Waals surface area contributed by atoms with Crippen LogP contribution in [0.3, 0.4) is 0 Å². The van der Waals surface area contributed by atoms with Gasteiger partial charge in [-0.15, -0.1) is 0 Å². The first kappa shape index (κ1) is 10.6. The van der Waals surface area contributed by atoms with Gasteiger partial charge in [0.15, 0.2) is 0 Å². The number of phenols is 1. The molecule has 0 aliphatic heterocycles. The summed E-state index contributed by atoms with van der Waals surface area (Å²) in [6.45, 7) is 1.75. The second-order valence-corrected chi connectivity index (χ2v) is 7.17. The summed E-state index contributed by atoms with van der Waals surface area (Å²) in [7, 11) is 0. The molecule has 3 aliphatic carbocycles. The quantitative estimate of drug-likeness (QED) is 0.586. The maximum atomic E-state index is 10.6. The molecule has 120 valence electrons. The van der Waals surface area contributed by atoms with Crippen molar-refractivity contribution < 1.29 is 25.9 Å². The minimum Gasteiger partial charge on any atom is -0.508 e. The van der Waals surface area contributed by atoms with E-state index in [1.54, 1.807) is 13.0 Å². The Balaban J connectivity index is 1.93. The SMILES string of the molecule is [2H]C1([2H])c2cc(O)ccc2[C@@H]2CC[C@]3(C)[C@H]([C@H](O)[C@H](O)[C@H]3O)[C@H]2C1([2H])[2H]. The summed E-state index contributed by atoms with van der Waals surface area (Å²) in [5, 5.41) is 41.1. The van der Waals surface area contributed by atoms with E-state index in [9.17, 15) is 20.4 Å². The summed E-state index contributed by atoms with van der Waals surface area (Å²) in [5.41, 5.74) is -0.100. The molecule has 0 unspecified atom stereocenters. The second-order valence-electron chi connectivity index (χ2n) is 7.17. The van der Waals surface area contributed by atoms with E-state index < -0.39 is 48.3 Å². The lowest BCUT2D eigenvalue weighted by Crippen LogP contribution is -2.46. The van der Waals surface area contributed by atoms with Crippen LogP contribution in [0.25, 0.3) is 0 Å². The fourth-order valence-electron chi connectivity index (χ4n) is 4.89. The molecule has 0 bridgehead atoms. The highest BCUT2D eigenvalue weighted by molar-refractivity contribution is 5.40. The van der Waals surface area contributed by atoms with E-state index in [0.717, 1.165) is 0 Å². The highest BCUT2D eigenvalue weighted by Gasteiger charge is 2.62. The topological polar surface area (TPSA) is 80.9 Å². The van der Waals surface area contributed by atoms with Crippen molar-refractivity contribution in [1.82, 2.24) is 0 Å². The maximum absolute atomic E-state index is 10.6. The fourth-order valence-corrected chi connectivity index (χ4v) is 4.89.